The zero-order chi connectivity index (χ0) is 17.4. The molecule has 0 fully saturated rings. The zero-order valence-electron chi connectivity index (χ0n) is 13.3. The Morgan fingerprint density at radius 2 is 1.92 bits per heavy atom. The van der Waals surface area contributed by atoms with Crippen LogP contribution < -0.4 is 11.0 Å². The van der Waals surface area contributed by atoms with Crippen molar-refractivity contribution in [1.29, 1.82) is 0 Å². The maximum atomic E-state index is 14.1. The van der Waals surface area contributed by atoms with E-state index in [9.17, 15) is 9.18 Å². The van der Waals surface area contributed by atoms with E-state index in [0.717, 1.165) is 11.1 Å². The van der Waals surface area contributed by atoms with Crippen molar-refractivity contribution >= 4 is 17.3 Å². The maximum Gasteiger partial charge on any atom is 0.350 e. The third kappa shape index (κ3) is 2.76. The van der Waals surface area contributed by atoms with Crippen molar-refractivity contribution in [3.05, 3.63) is 76.5 Å². The number of halogens is 1. The minimum Gasteiger partial charge on any atom is -0.323 e. The van der Waals surface area contributed by atoms with Crippen molar-refractivity contribution in [2.45, 2.75) is 6.92 Å². The lowest BCUT2D eigenvalue weighted by atomic mass is 10.1. The first-order valence-electron chi connectivity index (χ1n) is 7.68. The molecule has 0 spiro atoms. The van der Waals surface area contributed by atoms with Gasteiger partial charge in [0.1, 0.15) is 5.82 Å². The minimum atomic E-state index is -0.447. The van der Waals surface area contributed by atoms with Gasteiger partial charge in [0.15, 0.2) is 5.65 Å². The number of fused-ring (bicyclic) bond motifs is 1. The van der Waals surface area contributed by atoms with Gasteiger partial charge in [-0.15, -0.1) is 0 Å². The predicted molar refractivity (Wildman–Crippen MR) is 93.5 cm³/mol. The van der Waals surface area contributed by atoms with Crippen LogP contribution in [0.25, 0.3) is 16.9 Å². The largest absolute Gasteiger partial charge is 0.350 e. The summed E-state index contributed by atoms with van der Waals surface area (Å²) >= 11 is 0. The van der Waals surface area contributed by atoms with Crippen LogP contribution in [0.2, 0.25) is 0 Å². The van der Waals surface area contributed by atoms with Gasteiger partial charge < -0.3 is 5.32 Å². The van der Waals surface area contributed by atoms with Gasteiger partial charge in [-0.1, -0.05) is 36.4 Å². The summed E-state index contributed by atoms with van der Waals surface area (Å²) in [5.74, 6) is -0.234. The number of nitrogens with one attached hydrogen (secondary N) is 2. The molecule has 2 N–H and O–H groups in total. The highest BCUT2D eigenvalue weighted by Crippen LogP contribution is 2.24. The van der Waals surface area contributed by atoms with Gasteiger partial charge >= 0.3 is 5.69 Å². The number of rotatable bonds is 3. The molecule has 0 aliphatic carbocycles. The lowest BCUT2D eigenvalue weighted by molar-refractivity contribution is 0.631. The molecule has 0 saturated carbocycles. The molecule has 0 atom stereocenters. The number of anilines is 2. The Labute approximate surface area is 142 Å². The first-order chi connectivity index (χ1) is 12.1. The van der Waals surface area contributed by atoms with Crippen LogP contribution in [-0.2, 0) is 0 Å². The van der Waals surface area contributed by atoms with Crippen LogP contribution in [0.5, 0.6) is 0 Å². The Morgan fingerprint density at radius 1 is 1.12 bits per heavy atom. The molecule has 6 nitrogen and oxygen atoms in total. The predicted octanol–water partition coefficient (Wildman–Crippen LogP) is 3.28. The summed E-state index contributed by atoms with van der Waals surface area (Å²) in [5, 5.41) is 9.30. The van der Waals surface area contributed by atoms with Crippen LogP contribution in [0.4, 0.5) is 16.0 Å². The molecule has 2 aromatic carbocycles. The quantitative estimate of drug-likeness (QED) is 0.602. The fourth-order valence-electron chi connectivity index (χ4n) is 2.63. The van der Waals surface area contributed by atoms with Crippen LogP contribution in [0.15, 0.2) is 59.4 Å². The molecule has 7 heteroatoms. The highest BCUT2D eigenvalue weighted by molar-refractivity contribution is 5.67. The summed E-state index contributed by atoms with van der Waals surface area (Å²) in [5.41, 5.74) is 2.58. The molecular weight excluding hydrogens is 321 g/mol. The topological polar surface area (TPSA) is 75.1 Å². The second kappa shape index (κ2) is 5.86. The molecule has 2 aromatic heterocycles. The van der Waals surface area contributed by atoms with E-state index in [1.165, 1.54) is 10.5 Å². The van der Waals surface area contributed by atoms with Gasteiger partial charge in [0, 0.05) is 11.6 Å². The van der Waals surface area contributed by atoms with Crippen LogP contribution >= 0.6 is 0 Å². The lowest BCUT2D eigenvalue weighted by Crippen LogP contribution is -2.15. The Morgan fingerprint density at radius 3 is 2.72 bits per heavy atom. The molecule has 0 saturated heterocycles. The molecule has 0 unspecified atom stereocenters. The maximum absolute atomic E-state index is 14.1. The monoisotopic (exact) mass is 335 g/mol. The summed E-state index contributed by atoms with van der Waals surface area (Å²) in [4.78, 5) is 16.6. The fourth-order valence-corrected chi connectivity index (χ4v) is 2.63. The SMILES string of the molecule is Cc1ccc(F)c(Nc2nc(-c3ccccc3)cc3n[nH]c(=O)n23)c1. The van der Waals surface area contributed by atoms with E-state index in [-0.39, 0.29) is 11.6 Å². The summed E-state index contributed by atoms with van der Waals surface area (Å²) in [6.45, 7) is 1.86. The van der Waals surface area contributed by atoms with E-state index in [4.69, 9.17) is 0 Å². The average Bonchev–Trinajstić information content (AvgIpc) is 3.00. The molecule has 4 rings (SSSR count). The van der Waals surface area contributed by atoms with Crippen molar-refractivity contribution in [3.8, 4) is 11.3 Å². The Hall–Kier alpha value is -3.48. The molecule has 0 radical (unpaired) electrons. The molecule has 124 valence electrons. The van der Waals surface area contributed by atoms with Crippen molar-refractivity contribution in [3.63, 3.8) is 0 Å². The third-order valence-corrected chi connectivity index (χ3v) is 3.84. The van der Waals surface area contributed by atoms with Crippen molar-refractivity contribution in [1.82, 2.24) is 19.6 Å². The van der Waals surface area contributed by atoms with Crippen LogP contribution in [-0.4, -0.2) is 19.6 Å². The molecule has 0 bridgehead atoms. The molecule has 0 aliphatic rings. The van der Waals surface area contributed by atoms with Gasteiger partial charge in [-0.3, -0.25) is 0 Å². The van der Waals surface area contributed by atoms with Crippen molar-refractivity contribution in [2.75, 3.05) is 5.32 Å². The standard InChI is InChI=1S/C18H14FN5O/c1-11-7-8-13(19)15(9-11)21-17-20-14(12-5-3-2-4-6-12)10-16-22-23-18(25)24(16)17/h2-10H,1H3,(H,20,21)(H,23,25). The minimum absolute atomic E-state index is 0.194. The number of hydrogen-bond acceptors (Lipinski definition) is 4. The number of hydrogen-bond donors (Lipinski definition) is 2. The van der Waals surface area contributed by atoms with Gasteiger partial charge in [-0.05, 0) is 24.6 Å². The van der Waals surface area contributed by atoms with Gasteiger partial charge in [-0.2, -0.15) is 5.10 Å². The van der Waals surface area contributed by atoms with Gasteiger partial charge in [-0.25, -0.2) is 23.7 Å². The second-order valence-electron chi connectivity index (χ2n) is 5.66. The normalized spacial score (nSPS) is 11.0. The van der Waals surface area contributed by atoms with E-state index in [1.54, 1.807) is 18.2 Å². The van der Waals surface area contributed by atoms with Crippen molar-refractivity contribution in [2.24, 2.45) is 0 Å². The highest BCUT2D eigenvalue weighted by Gasteiger charge is 2.13. The smallest absolute Gasteiger partial charge is 0.323 e. The second-order valence-corrected chi connectivity index (χ2v) is 5.66. The molecule has 0 amide bonds. The number of H-pyrrole nitrogens is 1. The average molecular weight is 335 g/mol. The first-order valence-corrected chi connectivity index (χ1v) is 7.68. The number of nitrogens with zero attached hydrogens (tertiary/aromatic N) is 3. The van der Waals surface area contributed by atoms with E-state index in [2.05, 4.69) is 20.5 Å². The number of benzene rings is 2. The van der Waals surface area contributed by atoms with Crippen molar-refractivity contribution < 1.29 is 4.39 Å². The summed E-state index contributed by atoms with van der Waals surface area (Å²) in [6.07, 6.45) is 0. The van der Waals surface area contributed by atoms with E-state index in [0.29, 0.717) is 11.3 Å². The van der Waals surface area contributed by atoms with Crippen LogP contribution in [0.3, 0.4) is 0 Å². The van der Waals surface area contributed by atoms with E-state index in [1.807, 2.05) is 37.3 Å². The van der Waals surface area contributed by atoms with Gasteiger partial charge in [0.25, 0.3) is 0 Å². The van der Waals surface area contributed by atoms with Gasteiger partial charge in [0.05, 0.1) is 11.4 Å². The van der Waals surface area contributed by atoms with Crippen LogP contribution in [0, 0.1) is 12.7 Å². The fraction of sp³-hybridized carbons (Fsp3) is 0.0556. The molecule has 4 aromatic rings. The first kappa shape index (κ1) is 15.1. The Bertz CT molecular complexity index is 1120. The highest BCUT2D eigenvalue weighted by atomic mass is 19.1. The molecular formula is C18H14FN5O. The summed E-state index contributed by atoms with van der Waals surface area (Å²) in [6, 6.07) is 15.9. The molecule has 0 aliphatic heterocycles. The van der Waals surface area contributed by atoms with E-state index >= 15 is 0 Å². The summed E-state index contributed by atoms with van der Waals surface area (Å²) < 4.78 is 15.4. The summed E-state index contributed by atoms with van der Waals surface area (Å²) in [7, 11) is 0. The van der Waals surface area contributed by atoms with Crippen LogP contribution in [0.1, 0.15) is 5.56 Å². The number of aromatic nitrogens is 4. The molecule has 2 heterocycles. The van der Waals surface area contributed by atoms with E-state index < -0.39 is 11.5 Å². The Kier molecular flexibility index (Phi) is 3.53. The lowest BCUT2D eigenvalue weighted by Gasteiger charge is -2.11. The number of aromatic amines is 1. The molecule has 25 heavy (non-hydrogen) atoms. The number of aryl methyl sites for hydroxylation is 1. The Balaban J connectivity index is 1.91. The third-order valence-electron chi connectivity index (χ3n) is 3.84. The zero-order valence-corrected chi connectivity index (χ0v) is 13.3. The van der Waals surface area contributed by atoms with Gasteiger partial charge in [0.2, 0.25) is 5.95 Å².